The first kappa shape index (κ1) is 8.24. The molecule has 0 saturated carbocycles. The van der Waals surface area contributed by atoms with Gasteiger partial charge in [0.05, 0.1) is 0 Å². The molecule has 0 saturated heterocycles. The van der Waals surface area contributed by atoms with Gasteiger partial charge in [-0.15, -0.1) is 0 Å². The molecule has 0 unspecified atom stereocenters. The minimum Gasteiger partial charge on any atom is -0.450 e. The number of hydrogen-bond donors (Lipinski definition) is 1. The third-order valence-electron chi connectivity index (χ3n) is 0.866. The minimum absolute atomic E-state index is 0.716. The highest BCUT2D eigenvalue weighted by molar-refractivity contribution is 6.37. The molecule has 1 nitrogen and oxygen atoms in total. The molecule has 0 aliphatic heterocycles. The molecular formula is C7H10BO. The molecule has 0 bridgehead atoms. The third kappa shape index (κ3) is 3.80. The molecule has 47 valence electrons. The van der Waals surface area contributed by atoms with Crippen molar-refractivity contribution >= 4 is 7.48 Å². The first-order valence-electron chi connectivity index (χ1n) is 2.78. The predicted octanol–water partition coefficient (Wildman–Crippen LogP) is 1.24. The molecule has 0 rings (SSSR count). The van der Waals surface area contributed by atoms with Gasteiger partial charge >= 0.3 is 7.48 Å². The van der Waals surface area contributed by atoms with Crippen molar-refractivity contribution in [2.24, 2.45) is 0 Å². The lowest BCUT2D eigenvalue weighted by Gasteiger charge is -1.86. The van der Waals surface area contributed by atoms with Crippen LogP contribution in [0.2, 0.25) is 0 Å². The summed E-state index contributed by atoms with van der Waals surface area (Å²) in [7, 11) is 1.02. The van der Waals surface area contributed by atoms with E-state index in [1.54, 1.807) is 12.2 Å². The van der Waals surface area contributed by atoms with Gasteiger partial charge in [-0.1, -0.05) is 36.4 Å². The predicted molar refractivity (Wildman–Crippen MR) is 41.1 cm³/mol. The fraction of sp³-hybridized carbons (Fsp3) is 0.143. The minimum atomic E-state index is 0.716. The third-order valence-corrected chi connectivity index (χ3v) is 0.866. The van der Waals surface area contributed by atoms with Gasteiger partial charge in [-0.2, -0.15) is 0 Å². The largest absolute Gasteiger partial charge is 0.450 e. The van der Waals surface area contributed by atoms with E-state index in [9.17, 15) is 0 Å². The summed E-state index contributed by atoms with van der Waals surface area (Å²) in [6.45, 7) is 5.40. The van der Waals surface area contributed by atoms with E-state index in [1.807, 2.05) is 19.1 Å². The van der Waals surface area contributed by atoms with Gasteiger partial charge in [0.1, 0.15) is 0 Å². The maximum absolute atomic E-state index is 8.45. The fourth-order valence-corrected chi connectivity index (χ4v) is 0.371. The molecule has 1 N–H and O–H groups in total. The quantitative estimate of drug-likeness (QED) is 0.440. The SMILES string of the molecule is C=C/C([B]O)=C\C=C/C. The lowest BCUT2D eigenvalue weighted by Crippen LogP contribution is -1.88. The van der Waals surface area contributed by atoms with Crippen LogP contribution in [0.4, 0.5) is 0 Å². The molecular weight excluding hydrogens is 111 g/mol. The van der Waals surface area contributed by atoms with Crippen LogP contribution in [0.15, 0.2) is 36.4 Å². The normalized spacial score (nSPS) is 12.0. The summed E-state index contributed by atoms with van der Waals surface area (Å²) in [5, 5.41) is 8.45. The van der Waals surface area contributed by atoms with Gasteiger partial charge in [0, 0.05) is 0 Å². The van der Waals surface area contributed by atoms with Gasteiger partial charge in [-0.3, -0.25) is 0 Å². The zero-order valence-electron chi connectivity index (χ0n) is 5.54. The van der Waals surface area contributed by atoms with Crippen molar-refractivity contribution in [2.45, 2.75) is 6.92 Å². The van der Waals surface area contributed by atoms with Crippen molar-refractivity contribution in [3.8, 4) is 0 Å². The Bertz CT molecular complexity index is 136. The van der Waals surface area contributed by atoms with Crippen molar-refractivity contribution in [3.63, 3.8) is 0 Å². The van der Waals surface area contributed by atoms with E-state index in [1.165, 1.54) is 0 Å². The Morgan fingerprint density at radius 2 is 2.33 bits per heavy atom. The van der Waals surface area contributed by atoms with E-state index in [0.717, 1.165) is 7.48 Å². The highest BCUT2D eigenvalue weighted by atomic mass is 16.2. The maximum Gasteiger partial charge on any atom is 0.326 e. The Morgan fingerprint density at radius 1 is 1.67 bits per heavy atom. The molecule has 9 heavy (non-hydrogen) atoms. The van der Waals surface area contributed by atoms with Gasteiger partial charge in [0.25, 0.3) is 0 Å². The highest BCUT2D eigenvalue weighted by Crippen LogP contribution is 1.90. The Balaban J connectivity index is 3.90. The standard InChI is InChI=1S/C7H10BO/c1-3-5-6-7(4-2)8-9/h3-6,9H,2H2,1H3/b5-3-,7-6+. The van der Waals surface area contributed by atoms with Gasteiger partial charge in [-0.05, 0) is 6.92 Å². The van der Waals surface area contributed by atoms with E-state index in [2.05, 4.69) is 6.58 Å². The summed E-state index contributed by atoms with van der Waals surface area (Å²) < 4.78 is 0. The van der Waals surface area contributed by atoms with Gasteiger partial charge in [0.15, 0.2) is 0 Å². The molecule has 0 amide bonds. The molecule has 0 aromatic rings. The molecule has 0 fully saturated rings. The average Bonchev–Trinajstić information content (AvgIpc) is 1.91. The first-order valence-corrected chi connectivity index (χ1v) is 2.78. The average molecular weight is 121 g/mol. The Hall–Kier alpha value is -0.755. The first-order chi connectivity index (χ1) is 4.35. The molecule has 0 aromatic carbocycles. The molecule has 1 radical (unpaired) electrons. The summed E-state index contributed by atoms with van der Waals surface area (Å²) in [5.74, 6) is 0. The highest BCUT2D eigenvalue weighted by Gasteiger charge is 1.86. The second kappa shape index (κ2) is 5.38. The summed E-state index contributed by atoms with van der Waals surface area (Å²) in [4.78, 5) is 0. The second-order valence-corrected chi connectivity index (χ2v) is 1.53. The van der Waals surface area contributed by atoms with Crippen LogP contribution in [-0.2, 0) is 0 Å². The van der Waals surface area contributed by atoms with E-state index in [-0.39, 0.29) is 0 Å². The number of allylic oxidation sites excluding steroid dienone is 5. The summed E-state index contributed by atoms with van der Waals surface area (Å²) >= 11 is 0. The fourth-order valence-electron chi connectivity index (χ4n) is 0.371. The van der Waals surface area contributed by atoms with Crippen LogP contribution in [0.1, 0.15) is 6.92 Å². The molecule has 2 heteroatoms. The van der Waals surface area contributed by atoms with Crippen molar-refractivity contribution in [2.75, 3.05) is 0 Å². The smallest absolute Gasteiger partial charge is 0.326 e. The van der Waals surface area contributed by atoms with Gasteiger partial charge < -0.3 is 5.02 Å². The van der Waals surface area contributed by atoms with E-state index >= 15 is 0 Å². The van der Waals surface area contributed by atoms with Crippen molar-refractivity contribution in [1.82, 2.24) is 0 Å². The van der Waals surface area contributed by atoms with Gasteiger partial charge in [-0.25, -0.2) is 0 Å². The van der Waals surface area contributed by atoms with Crippen LogP contribution in [-0.4, -0.2) is 12.5 Å². The summed E-state index contributed by atoms with van der Waals surface area (Å²) in [6, 6.07) is 0. The van der Waals surface area contributed by atoms with Crippen LogP contribution >= 0.6 is 0 Å². The van der Waals surface area contributed by atoms with Crippen LogP contribution in [0.3, 0.4) is 0 Å². The monoisotopic (exact) mass is 121 g/mol. The summed E-state index contributed by atoms with van der Waals surface area (Å²) in [6.07, 6.45) is 7.07. The molecule has 0 heterocycles. The van der Waals surface area contributed by atoms with Crippen molar-refractivity contribution in [3.05, 3.63) is 36.4 Å². The molecule has 0 aliphatic carbocycles. The van der Waals surface area contributed by atoms with Crippen LogP contribution in [0.25, 0.3) is 0 Å². The number of rotatable bonds is 3. The van der Waals surface area contributed by atoms with Crippen LogP contribution in [0, 0.1) is 0 Å². The summed E-state index contributed by atoms with van der Waals surface area (Å²) in [5.41, 5.74) is 0.716. The van der Waals surface area contributed by atoms with Crippen LogP contribution in [0.5, 0.6) is 0 Å². The van der Waals surface area contributed by atoms with Crippen molar-refractivity contribution < 1.29 is 5.02 Å². The van der Waals surface area contributed by atoms with E-state index < -0.39 is 0 Å². The molecule has 0 atom stereocenters. The lowest BCUT2D eigenvalue weighted by atomic mass is 9.88. The number of hydrogen-bond acceptors (Lipinski definition) is 1. The van der Waals surface area contributed by atoms with E-state index in [0.29, 0.717) is 5.47 Å². The molecule has 0 spiro atoms. The zero-order valence-corrected chi connectivity index (χ0v) is 5.54. The van der Waals surface area contributed by atoms with Crippen LogP contribution < -0.4 is 0 Å². The second-order valence-electron chi connectivity index (χ2n) is 1.53. The Morgan fingerprint density at radius 3 is 2.67 bits per heavy atom. The maximum atomic E-state index is 8.45. The molecule has 0 aromatic heterocycles. The van der Waals surface area contributed by atoms with E-state index in [4.69, 9.17) is 5.02 Å². The molecule has 0 aliphatic rings. The zero-order chi connectivity index (χ0) is 7.11. The lowest BCUT2D eigenvalue weighted by molar-refractivity contribution is 0.612. The van der Waals surface area contributed by atoms with Crippen molar-refractivity contribution in [1.29, 1.82) is 0 Å². The topological polar surface area (TPSA) is 20.2 Å². The van der Waals surface area contributed by atoms with Gasteiger partial charge in [0.2, 0.25) is 0 Å². The Labute approximate surface area is 56.7 Å². The Kier molecular flexibility index (Phi) is 4.93.